The Labute approximate surface area is 129 Å². The molecule has 116 valence electrons. The lowest BCUT2D eigenvalue weighted by atomic mass is 9.53. The van der Waals surface area contributed by atoms with Gasteiger partial charge in [-0.15, -0.1) is 0 Å². The Morgan fingerprint density at radius 1 is 1.29 bits per heavy atom. The van der Waals surface area contributed by atoms with E-state index in [1.165, 1.54) is 49.7 Å². The molecule has 1 fully saturated rings. The molecule has 0 radical (unpaired) electrons. The van der Waals surface area contributed by atoms with Gasteiger partial charge < -0.3 is 5.11 Å². The second kappa shape index (κ2) is 5.66. The van der Waals surface area contributed by atoms with Gasteiger partial charge in [0.15, 0.2) is 0 Å². The number of phenolic OH excluding ortho intramolecular Hbond substituents is 1. The molecule has 1 aromatic rings. The summed E-state index contributed by atoms with van der Waals surface area (Å²) in [7, 11) is 0. The molecule has 1 nitrogen and oxygen atoms in total. The van der Waals surface area contributed by atoms with E-state index in [9.17, 15) is 5.11 Å². The van der Waals surface area contributed by atoms with Crippen LogP contribution in [0.15, 0.2) is 18.2 Å². The molecule has 2 aliphatic rings. The molecule has 3 atom stereocenters. The summed E-state index contributed by atoms with van der Waals surface area (Å²) >= 11 is 0. The van der Waals surface area contributed by atoms with Gasteiger partial charge in [-0.1, -0.05) is 39.7 Å². The van der Waals surface area contributed by atoms with Gasteiger partial charge in [-0.2, -0.15) is 0 Å². The maximum Gasteiger partial charge on any atom is 0.115 e. The van der Waals surface area contributed by atoms with E-state index in [2.05, 4.69) is 26.8 Å². The Bertz CT molecular complexity index is 505. The van der Waals surface area contributed by atoms with Gasteiger partial charge in [0.1, 0.15) is 5.75 Å². The Morgan fingerprint density at radius 2 is 2.10 bits per heavy atom. The lowest BCUT2D eigenvalue weighted by Gasteiger charge is -2.51. The van der Waals surface area contributed by atoms with Gasteiger partial charge in [-0.3, -0.25) is 0 Å². The van der Waals surface area contributed by atoms with Crippen LogP contribution < -0.4 is 0 Å². The number of benzene rings is 1. The van der Waals surface area contributed by atoms with Crippen LogP contribution in [0, 0.1) is 17.3 Å². The van der Waals surface area contributed by atoms with E-state index >= 15 is 0 Å². The first kappa shape index (κ1) is 14.9. The molecule has 1 saturated carbocycles. The summed E-state index contributed by atoms with van der Waals surface area (Å²) in [6, 6.07) is 6.10. The van der Waals surface area contributed by atoms with E-state index in [1.54, 1.807) is 0 Å². The van der Waals surface area contributed by atoms with Crippen molar-refractivity contribution in [2.45, 2.75) is 71.6 Å². The van der Waals surface area contributed by atoms with Crippen LogP contribution in [0.25, 0.3) is 0 Å². The molecule has 0 heterocycles. The number of hydrogen-bond acceptors (Lipinski definition) is 1. The lowest BCUT2D eigenvalue weighted by molar-refractivity contribution is 0.0557. The normalized spacial score (nSPS) is 31.8. The van der Waals surface area contributed by atoms with Crippen LogP contribution >= 0.6 is 0 Å². The molecule has 0 bridgehead atoms. The van der Waals surface area contributed by atoms with Gasteiger partial charge in [-0.05, 0) is 78.5 Å². The molecule has 1 heteroatoms. The Balaban J connectivity index is 1.87. The lowest BCUT2D eigenvalue weighted by Crippen LogP contribution is -2.41. The molecule has 0 aliphatic heterocycles. The Morgan fingerprint density at radius 3 is 2.86 bits per heavy atom. The molecule has 3 rings (SSSR count). The average Bonchev–Trinajstić information content (AvgIpc) is 2.44. The SMILES string of the molecule is CC(C)CC[C@@H]1CCC[C@@H]2c3ccc(O)cc3CC[C@@]12C. The highest BCUT2D eigenvalue weighted by Gasteiger charge is 2.46. The fraction of sp³-hybridized carbons (Fsp3) is 0.700. The van der Waals surface area contributed by atoms with Crippen LogP contribution in [-0.2, 0) is 6.42 Å². The van der Waals surface area contributed by atoms with Crippen molar-refractivity contribution in [3.05, 3.63) is 29.3 Å². The fourth-order valence-corrected chi connectivity index (χ4v) is 4.96. The molecule has 1 aromatic carbocycles. The summed E-state index contributed by atoms with van der Waals surface area (Å²) in [6.07, 6.45) is 9.36. The zero-order valence-corrected chi connectivity index (χ0v) is 13.9. The minimum Gasteiger partial charge on any atom is -0.508 e. The summed E-state index contributed by atoms with van der Waals surface area (Å²) < 4.78 is 0. The van der Waals surface area contributed by atoms with Crippen molar-refractivity contribution in [2.24, 2.45) is 17.3 Å². The quantitative estimate of drug-likeness (QED) is 0.759. The van der Waals surface area contributed by atoms with E-state index in [0.717, 1.165) is 18.3 Å². The number of hydrogen-bond donors (Lipinski definition) is 1. The van der Waals surface area contributed by atoms with Crippen molar-refractivity contribution >= 4 is 0 Å². The van der Waals surface area contributed by atoms with E-state index < -0.39 is 0 Å². The van der Waals surface area contributed by atoms with E-state index in [1.807, 2.05) is 12.1 Å². The largest absolute Gasteiger partial charge is 0.508 e. The van der Waals surface area contributed by atoms with Crippen LogP contribution in [0.5, 0.6) is 5.75 Å². The van der Waals surface area contributed by atoms with E-state index in [4.69, 9.17) is 0 Å². The van der Waals surface area contributed by atoms with Crippen molar-refractivity contribution in [1.29, 1.82) is 0 Å². The summed E-state index contributed by atoms with van der Waals surface area (Å²) in [5, 5.41) is 9.75. The molecule has 0 unspecified atom stereocenters. The molecule has 0 spiro atoms. The Kier molecular flexibility index (Phi) is 4.03. The number of aryl methyl sites for hydroxylation is 1. The van der Waals surface area contributed by atoms with Crippen LogP contribution in [0.1, 0.15) is 76.3 Å². The maximum absolute atomic E-state index is 9.75. The van der Waals surface area contributed by atoms with Gasteiger partial charge in [-0.25, -0.2) is 0 Å². The van der Waals surface area contributed by atoms with Gasteiger partial charge in [0.05, 0.1) is 0 Å². The van der Waals surface area contributed by atoms with Gasteiger partial charge in [0.25, 0.3) is 0 Å². The third-order valence-corrected chi connectivity index (χ3v) is 6.30. The highest BCUT2D eigenvalue weighted by molar-refractivity contribution is 5.40. The molecule has 0 aromatic heterocycles. The molecule has 0 amide bonds. The molecule has 0 saturated heterocycles. The van der Waals surface area contributed by atoms with Crippen LogP contribution in [-0.4, -0.2) is 5.11 Å². The summed E-state index contributed by atoms with van der Waals surface area (Å²) in [5.41, 5.74) is 3.43. The zero-order chi connectivity index (χ0) is 15.0. The smallest absolute Gasteiger partial charge is 0.115 e. The fourth-order valence-electron chi connectivity index (χ4n) is 4.96. The maximum atomic E-state index is 9.75. The van der Waals surface area contributed by atoms with Crippen LogP contribution in [0.2, 0.25) is 0 Å². The van der Waals surface area contributed by atoms with Gasteiger partial charge >= 0.3 is 0 Å². The monoisotopic (exact) mass is 286 g/mol. The van der Waals surface area contributed by atoms with Crippen molar-refractivity contribution < 1.29 is 5.11 Å². The first-order valence-electron chi connectivity index (χ1n) is 8.82. The second-order valence-corrected chi connectivity index (χ2v) is 8.04. The Hall–Kier alpha value is -0.980. The highest BCUT2D eigenvalue weighted by Crippen LogP contribution is 2.57. The van der Waals surface area contributed by atoms with Gasteiger partial charge in [0.2, 0.25) is 0 Å². The molecular formula is C20H30O. The summed E-state index contributed by atoms with van der Waals surface area (Å²) in [5.74, 6) is 2.86. The predicted molar refractivity (Wildman–Crippen MR) is 88.7 cm³/mol. The number of phenols is 1. The average molecular weight is 286 g/mol. The predicted octanol–water partition coefficient (Wildman–Crippen LogP) is 5.66. The summed E-state index contributed by atoms with van der Waals surface area (Å²) in [4.78, 5) is 0. The third-order valence-electron chi connectivity index (χ3n) is 6.30. The first-order chi connectivity index (χ1) is 10.0. The molecular weight excluding hydrogens is 256 g/mol. The minimum absolute atomic E-state index is 0.435. The van der Waals surface area contributed by atoms with Crippen molar-refractivity contribution in [2.75, 3.05) is 0 Å². The molecule has 1 N–H and O–H groups in total. The second-order valence-electron chi connectivity index (χ2n) is 8.04. The zero-order valence-electron chi connectivity index (χ0n) is 13.9. The number of rotatable bonds is 3. The van der Waals surface area contributed by atoms with Crippen LogP contribution in [0.4, 0.5) is 0 Å². The topological polar surface area (TPSA) is 20.2 Å². The number of fused-ring (bicyclic) bond motifs is 3. The summed E-state index contributed by atoms with van der Waals surface area (Å²) in [6.45, 7) is 7.25. The number of aromatic hydroxyl groups is 1. The first-order valence-corrected chi connectivity index (χ1v) is 8.82. The van der Waals surface area contributed by atoms with Crippen molar-refractivity contribution in [1.82, 2.24) is 0 Å². The highest BCUT2D eigenvalue weighted by atomic mass is 16.3. The minimum atomic E-state index is 0.435. The van der Waals surface area contributed by atoms with E-state index in [0.29, 0.717) is 17.1 Å². The van der Waals surface area contributed by atoms with Crippen molar-refractivity contribution in [3.63, 3.8) is 0 Å². The van der Waals surface area contributed by atoms with Gasteiger partial charge in [0, 0.05) is 0 Å². The van der Waals surface area contributed by atoms with E-state index in [-0.39, 0.29) is 0 Å². The molecule has 2 aliphatic carbocycles. The third kappa shape index (κ3) is 2.72. The van der Waals surface area contributed by atoms with Crippen LogP contribution in [0.3, 0.4) is 0 Å². The molecule has 21 heavy (non-hydrogen) atoms. The standard InChI is InChI=1S/C20H30O/c1-14(2)7-8-16-5-4-6-19-18-10-9-17(21)13-15(18)11-12-20(16,19)3/h9-10,13-14,16,19,21H,4-8,11-12H2,1-3H3/t16-,19+,20-/m0/s1. The van der Waals surface area contributed by atoms with Crippen molar-refractivity contribution in [3.8, 4) is 5.75 Å².